The minimum atomic E-state index is -0.817. The molecule has 0 bridgehead atoms. The average Bonchev–Trinajstić information content (AvgIpc) is 3.00. The number of likely N-dealkylation sites (N-methyl/N-ethyl adjacent to an activating group) is 1. The number of methoxy groups -OCH3 is 1. The Bertz CT molecular complexity index is 452. The molecular formula is C17H25NO3. The van der Waals surface area contributed by atoms with Crippen LogP contribution in [-0.2, 0) is 9.53 Å². The first-order valence-corrected chi connectivity index (χ1v) is 7.65. The summed E-state index contributed by atoms with van der Waals surface area (Å²) in [6.07, 6.45) is 5.14. The molecule has 0 radical (unpaired) electrons. The summed E-state index contributed by atoms with van der Waals surface area (Å²) >= 11 is 0. The molecular weight excluding hydrogens is 266 g/mol. The SMILES string of the molecule is COCCN(C)[C@H](C(=O)O)c1ccc(C2CCCC2)cc1. The lowest BCUT2D eigenvalue weighted by Gasteiger charge is -2.25. The van der Waals surface area contributed by atoms with E-state index in [-0.39, 0.29) is 0 Å². The molecule has 1 aromatic rings. The van der Waals surface area contributed by atoms with Crippen LogP contribution in [0.4, 0.5) is 0 Å². The van der Waals surface area contributed by atoms with Gasteiger partial charge in [0.1, 0.15) is 6.04 Å². The number of carboxylic acid groups (broad SMARTS) is 1. The molecule has 1 aliphatic rings. The van der Waals surface area contributed by atoms with Crippen molar-refractivity contribution < 1.29 is 14.6 Å². The van der Waals surface area contributed by atoms with Gasteiger partial charge in [-0.05, 0) is 36.9 Å². The van der Waals surface area contributed by atoms with Gasteiger partial charge in [-0.2, -0.15) is 0 Å². The number of carboxylic acids is 1. The van der Waals surface area contributed by atoms with Gasteiger partial charge in [0, 0.05) is 13.7 Å². The summed E-state index contributed by atoms with van der Waals surface area (Å²) in [6, 6.07) is 7.53. The minimum Gasteiger partial charge on any atom is -0.480 e. The van der Waals surface area contributed by atoms with Crippen molar-refractivity contribution in [2.45, 2.75) is 37.6 Å². The highest BCUT2D eigenvalue weighted by Crippen LogP contribution is 2.34. The quantitative estimate of drug-likeness (QED) is 0.839. The minimum absolute atomic E-state index is 0.528. The van der Waals surface area contributed by atoms with Crippen LogP contribution in [0.5, 0.6) is 0 Å². The molecule has 4 heteroatoms. The second-order valence-electron chi connectivity index (χ2n) is 5.86. The second-order valence-corrected chi connectivity index (χ2v) is 5.86. The van der Waals surface area contributed by atoms with E-state index in [0.29, 0.717) is 19.1 Å². The van der Waals surface area contributed by atoms with Crippen molar-refractivity contribution in [1.29, 1.82) is 0 Å². The predicted molar refractivity (Wildman–Crippen MR) is 82.5 cm³/mol. The van der Waals surface area contributed by atoms with Crippen LogP contribution in [0.25, 0.3) is 0 Å². The molecule has 0 aliphatic heterocycles. The Morgan fingerprint density at radius 1 is 1.33 bits per heavy atom. The third kappa shape index (κ3) is 4.05. The van der Waals surface area contributed by atoms with Crippen molar-refractivity contribution >= 4 is 5.97 Å². The van der Waals surface area contributed by atoms with E-state index >= 15 is 0 Å². The van der Waals surface area contributed by atoms with Crippen LogP contribution in [0, 0.1) is 0 Å². The predicted octanol–water partition coefficient (Wildman–Crippen LogP) is 3.05. The Morgan fingerprint density at radius 2 is 1.95 bits per heavy atom. The molecule has 0 aromatic heterocycles. The summed E-state index contributed by atoms with van der Waals surface area (Å²) in [6.45, 7) is 1.12. The average molecular weight is 291 g/mol. The maximum atomic E-state index is 11.6. The summed E-state index contributed by atoms with van der Waals surface area (Å²) < 4.78 is 5.03. The van der Waals surface area contributed by atoms with Gasteiger partial charge in [-0.1, -0.05) is 37.1 Å². The lowest BCUT2D eigenvalue weighted by molar-refractivity contribution is -0.143. The van der Waals surface area contributed by atoms with E-state index in [1.165, 1.54) is 31.2 Å². The van der Waals surface area contributed by atoms with Crippen molar-refractivity contribution in [2.75, 3.05) is 27.3 Å². The molecule has 1 N–H and O–H groups in total. The number of rotatable bonds is 7. The molecule has 21 heavy (non-hydrogen) atoms. The van der Waals surface area contributed by atoms with Crippen molar-refractivity contribution in [2.24, 2.45) is 0 Å². The van der Waals surface area contributed by atoms with Gasteiger partial charge in [-0.15, -0.1) is 0 Å². The van der Waals surface area contributed by atoms with Crippen LogP contribution in [0.15, 0.2) is 24.3 Å². The van der Waals surface area contributed by atoms with Gasteiger partial charge in [0.2, 0.25) is 0 Å². The molecule has 1 saturated carbocycles. The Labute approximate surface area is 126 Å². The third-order valence-electron chi connectivity index (χ3n) is 4.40. The van der Waals surface area contributed by atoms with Crippen LogP contribution < -0.4 is 0 Å². The molecule has 0 heterocycles. The van der Waals surface area contributed by atoms with E-state index in [4.69, 9.17) is 4.74 Å². The van der Waals surface area contributed by atoms with Gasteiger partial charge in [0.05, 0.1) is 6.61 Å². The number of benzene rings is 1. The molecule has 0 unspecified atom stereocenters. The Hall–Kier alpha value is -1.39. The van der Waals surface area contributed by atoms with E-state index < -0.39 is 12.0 Å². The first kappa shape index (κ1) is 16.0. The highest BCUT2D eigenvalue weighted by Gasteiger charge is 2.25. The van der Waals surface area contributed by atoms with Crippen molar-refractivity contribution in [3.63, 3.8) is 0 Å². The first-order valence-electron chi connectivity index (χ1n) is 7.65. The fraction of sp³-hybridized carbons (Fsp3) is 0.588. The van der Waals surface area contributed by atoms with Gasteiger partial charge < -0.3 is 9.84 Å². The number of hydrogen-bond donors (Lipinski definition) is 1. The fourth-order valence-electron chi connectivity index (χ4n) is 3.16. The van der Waals surface area contributed by atoms with Crippen molar-refractivity contribution in [3.8, 4) is 0 Å². The van der Waals surface area contributed by atoms with Gasteiger partial charge in [0.15, 0.2) is 0 Å². The summed E-state index contributed by atoms with van der Waals surface area (Å²) in [5.74, 6) is -0.157. The summed E-state index contributed by atoms with van der Waals surface area (Å²) in [5.41, 5.74) is 2.18. The molecule has 1 aromatic carbocycles. The normalized spacial score (nSPS) is 17.3. The van der Waals surface area contributed by atoms with Crippen molar-refractivity contribution in [1.82, 2.24) is 4.90 Å². The maximum absolute atomic E-state index is 11.6. The summed E-state index contributed by atoms with van der Waals surface area (Å²) in [7, 11) is 3.45. The Morgan fingerprint density at radius 3 is 2.48 bits per heavy atom. The van der Waals surface area contributed by atoms with Gasteiger partial charge in [-0.25, -0.2) is 0 Å². The van der Waals surface area contributed by atoms with E-state index in [1.807, 2.05) is 24.1 Å². The van der Waals surface area contributed by atoms with Crippen LogP contribution in [0.1, 0.15) is 48.8 Å². The van der Waals surface area contributed by atoms with Gasteiger partial charge in [-0.3, -0.25) is 9.69 Å². The standard InChI is InChI=1S/C17H25NO3/c1-18(11-12-21-2)16(17(19)20)15-9-7-14(8-10-15)13-5-3-4-6-13/h7-10,13,16H,3-6,11-12H2,1-2H3,(H,19,20)/t16-/m0/s1. The topological polar surface area (TPSA) is 49.8 Å². The monoisotopic (exact) mass is 291 g/mol. The molecule has 1 aliphatic carbocycles. The lowest BCUT2D eigenvalue weighted by Crippen LogP contribution is -2.33. The molecule has 116 valence electrons. The molecule has 0 saturated heterocycles. The van der Waals surface area contributed by atoms with Crippen LogP contribution in [0.2, 0.25) is 0 Å². The maximum Gasteiger partial charge on any atom is 0.325 e. The zero-order valence-electron chi connectivity index (χ0n) is 12.9. The highest BCUT2D eigenvalue weighted by atomic mass is 16.5. The van der Waals surface area contributed by atoms with E-state index in [2.05, 4.69) is 12.1 Å². The molecule has 4 nitrogen and oxygen atoms in total. The van der Waals surface area contributed by atoms with E-state index in [0.717, 1.165) is 5.56 Å². The van der Waals surface area contributed by atoms with Gasteiger partial charge in [0.25, 0.3) is 0 Å². The molecule has 0 spiro atoms. The second kappa shape index (κ2) is 7.57. The number of carbonyl (C=O) groups is 1. The number of hydrogen-bond acceptors (Lipinski definition) is 3. The lowest BCUT2D eigenvalue weighted by atomic mass is 9.95. The molecule has 1 fully saturated rings. The van der Waals surface area contributed by atoms with Crippen molar-refractivity contribution in [3.05, 3.63) is 35.4 Å². The third-order valence-corrected chi connectivity index (χ3v) is 4.40. The summed E-state index contributed by atoms with van der Waals surface area (Å²) in [4.78, 5) is 13.4. The Balaban J connectivity index is 2.11. The van der Waals surface area contributed by atoms with E-state index in [1.54, 1.807) is 7.11 Å². The van der Waals surface area contributed by atoms with E-state index in [9.17, 15) is 9.90 Å². The zero-order chi connectivity index (χ0) is 15.2. The molecule has 1 atom stereocenters. The molecule has 0 amide bonds. The largest absolute Gasteiger partial charge is 0.480 e. The van der Waals surface area contributed by atoms with Gasteiger partial charge >= 0.3 is 5.97 Å². The smallest absolute Gasteiger partial charge is 0.325 e. The number of ether oxygens (including phenoxy) is 1. The summed E-state index contributed by atoms with van der Waals surface area (Å²) in [5, 5.41) is 9.49. The highest BCUT2D eigenvalue weighted by molar-refractivity contribution is 5.75. The number of aliphatic carboxylic acids is 1. The molecule has 2 rings (SSSR count). The fourth-order valence-corrected chi connectivity index (χ4v) is 3.16. The Kier molecular flexibility index (Phi) is 5.76. The number of nitrogens with zero attached hydrogens (tertiary/aromatic N) is 1. The zero-order valence-corrected chi connectivity index (χ0v) is 12.9. The first-order chi connectivity index (χ1) is 10.1. The van der Waals surface area contributed by atoms with Crippen LogP contribution in [0.3, 0.4) is 0 Å². The van der Waals surface area contributed by atoms with Crippen LogP contribution >= 0.6 is 0 Å². The van der Waals surface area contributed by atoms with Crippen LogP contribution in [-0.4, -0.2) is 43.3 Å².